The van der Waals surface area contributed by atoms with Crippen molar-refractivity contribution in [2.75, 3.05) is 0 Å². The Labute approximate surface area is 177 Å². The summed E-state index contributed by atoms with van der Waals surface area (Å²) in [6.45, 7) is 2.22. The number of carbonyl (C=O) groups is 1. The summed E-state index contributed by atoms with van der Waals surface area (Å²) in [5, 5.41) is 10.2. The van der Waals surface area contributed by atoms with Crippen LogP contribution in [0, 0.1) is 0 Å². The van der Waals surface area contributed by atoms with Crippen LogP contribution in [0.2, 0.25) is 5.02 Å². The minimum Gasteiger partial charge on any atom is -0.348 e. The zero-order valence-electron chi connectivity index (χ0n) is 16.7. The lowest BCUT2D eigenvalue weighted by Gasteiger charge is -2.35. The summed E-state index contributed by atoms with van der Waals surface area (Å²) in [6, 6.07) is 22.7. The van der Waals surface area contributed by atoms with Gasteiger partial charge in [-0.05, 0) is 60.4 Å². The molecule has 3 aromatic rings. The van der Waals surface area contributed by atoms with Gasteiger partial charge in [-0.3, -0.25) is 4.79 Å². The first kappa shape index (κ1) is 19.9. The summed E-state index contributed by atoms with van der Waals surface area (Å²) in [7, 11) is 0. The Bertz CT molecular complexity index is 980. The Balaban J connectivity index is 1.48. The molecule has 1 fully saturated rings. The lowest BCUT2D eigenvalue weighted by molar-refractivity contribution is 0.0913. The van der Waals surface area contributed by atoms with Gasteiger partial charge < -0.3 is 10.6 Å². The normalized spacial score (nSPS) is 20.3. The van der Waals surface area contributed by atoms with Crippen molar-refractivity contribution in [1.82, 2.24) is 10.6 Å². The average molecular weight is 407 g/mol. The topological polar surface area (TPSA) is 41.1 Å². The lowest BCUT2D eigenvalue weighted by Crippen LogP contribution is -2.52. The van der Waals surface area contributed by atoms with Crippen LogP contribution >= 0.6 is 11.6 Å². The fourth-order valence-corrected chi connectivity index (χ4v) is 4.52. The standard InChI is InChI=1S/C25H27ClN2O/c1-17(21-10-6-8-18-7-2-3-9-22(18)21)27-23-11-4-5-12-24(23)28-25(29)19-13-15-20(26)16-14-19/h2-3,6-10,13-17,23-24,27H,4-5,11-12H2,1H3,(H,28,29)/t17-,23-,24?/m0/s1. The van der Waals surface area contributed by atoms with Gasteiger partial charge in [0.05, 0.1) is 0 Å². The Hall–Kier alpha value is -2.36. The highest BCUT2D eigenvalue weighted by Crippen LogP contribution is 2.27. The van der Waals surface area contributed by atoms with Crippen molar-refractivity contribution >= 4 is 28.3 Å². The van der Waals surface area contributed by atoms with Gasteiger partial charge in [0, 0.05) is 28.7 Å². The molecule has 3 aromatic carbocycles. The largest absolute Gasteiger partial charge is 0.348 e. The van der Waals surface area contributed by atoms with Crippen LogP contribution in [-0.2, 0) is 0 Å². The molecule has 3 atom stereocenters. The summed E-state index contributed by atoms with van der Waals surface area (Å²) in [5.41, 5.74) is 1.96. The number of halogens is 1. The molecule has 0 heterocycles. The van der Waals surface area contributed by atoms with Gasteiger partial charge in [-0.15, -0.1) is 0 Å². The minimum absolute atomic E-state index is 0.0295. The maximum absolute atomic E-state index is 12.7. The Kier molecular flexibility index (Phi) is 6.17. The molecule has 0 bridgehead atoms. The third kappa shape index (κ3) is 4.63. The molecule has 3 nitrogen and oxygen atoms in total. The van der Waals surface area contributed by atoms with Gasteiger partial charge in [-0.1, -0.05) is 66.9 Å². The predicted molar refractivity (Wildman–Crippen MR) is 120 cm³/mol. The van der Waals surface area contributed by atoms with E-state index < -0.39 is 0 Å². The number of amides is 1. The molecule has 0 spiro atoms. The van der Waals surface area contributed by atoms with E-state index in [1.54, 1.807) is 24.3 Å². The zero-order valence-corrected chi connectivity index (χ0v) is 17.5. The third-order valence-electron chi connectivity index (χ3n) is 5.94. The van der Waals surface area contributed by atoms with Crippen LogP contribution in [-0.4, -0.2) is 18.0 Å². The van der Waals surface area contributed by atoms with Crippen LogP contribution in [0.25, 0.3) is 10.8 Å². The molecule has 1 aliphatic rings. The van der Waals surface area contributed by atoms with E-state index in [0.717, 1.165) is 19.3 Å². The SMILES string of the molecule is C[C@H](N[C@H]1CCCCC1NC(=O)c1ccc(Cl)cc1)c1cccc2ccccc12. The van der Waals surface area contributed by atoms with Crippen molar-refractivity contribution < 1.29 is 4.79 Å². The summed E-state index contributed by atoms with van der Waals surface area (Å²) in [4.78, 5) is 12.7. The van der Waals surface area contributed by atoms with E-state index in [0.29, 0.717) is 10.6 Å². The maximum Gasteiger partial charge on any atom is 0.251 e. The molecule has 0 aromatic heterocycles. The van der Waals surface area contributed by atoms with E-state index >= 15 is 0 Å². The molecule has 0 aliphatic heterocycles. The molecule has 2 N–H and O–H groups in total. The van der Waals surface area contributed by atoms with Crippen LogP contribution in [0.15, 0.2) is 66.7 Å². The van der Waals surface area contributed by atoms with Crippen molar-refractivity contribution in [3.63, 3.8) is 0 Å². The van der Waals surface area contributed by atoms with E-state index in [1.807, 2.05) is 0 Å². The fraction of sp³-hybridized carbons (Fsp3) is 0.320. The second-order valence-electron chi connectivity index (χ2n) is 7.93. The molecule has 1 amide bonds. The summed E-state index contributed by atoms with van der Waals surface area (Å²) < 4.78 is 0. The Morgan fingerprint density at radius 1 is 0.931 bits per heavy atom. The van der Waals surface area contributed by atoms with E-state index in [9.17, 15) is 4.79 Å². The predicted octanol–water partition coefficient (Wildman–Crippen LogP) is 5.89. The second-order valence-corrected chi connectivity index (χ2v) is 8.37. The van der Waals surface area contributed by atoms with Gasteiger partial charge in [-0.2, -0.15) is 0 Å². The first-order chi connectivity index (χ1) is 14.1. The van der Waals surface area contributed by atoms with E-state index in [4.69, 9.17) is 11.6 Å². The van der Waals surface area contributed by atoms with Crippen molar-refractivity contribution in [3.8, 4) is 0 Å². The summed E-state index contributed by atoms with van der Waals surface area (Å²) in [6.07, 6.45) is 4.40. The fourth-order valence-electron chi connectivity index (χ4n) is 4.40. The molecular formula is C25H27ClN2O. The van der Waals surface area contributed by atoms with Crippen LogP contribution in [0.4, 0.5) is 0 Å². The molecular weight excluding hydrogens is 380 g/mol. The van der Waals surface area contributed by atoms with Crippen LogP contribution < -0.4 is 10.6 Å². The molecule has 4 heteroatoms. The van der Waals surface area contributed by atoms with Gasteiger partial charge >= 0.3 is 0 Å². The van der Waals surface area contributed by atoms with Crippen LogP contribution in [0.1, 0.15) is 54.6 Å². The average Bonchev–Trinajstić information content (AvgIpc) is 2.75. The quantitative estimate of drug-likeness (QED) is 0.555. The highest BCUT2D eigenvalue weighted by molar-refractivity contribution is 6.30. The number of nitrogens with one attached hydrogen (secondary N) is 2. The molecule has 150 valence electrons. The van der Waals surface area contributed by atoms with Gasteiger partial charge in [0.1, 0.15) is 0 Å². The van der Waals surface area contributed by atoms with Crippen molar-refractivity contribution in [2.24, 2.45) is 0 Å². The maximum atomic E-state index is 12.7. The van der Waals surface area contributed by atoms with Crippen molar-refractivity contribution in [2.45, 2.75) is 50.7 Å². The number of carbonyl (C=O) groups excluding carboxylic acids is 1. The van der Waals surface area contributed by atoms with E-state index in [2.05, 4.69) is 60.0 Å². The number of hydrogen-bond donors (Lipinski definition) is 2. The van der Waals surface area contributed by atoms with E-state index in [1.165, 1.54) is 22.8 Å². The summed E-state index contributed by atoms with van der Waals surface area (Å²) in [5.74, 6) is -0.0295. The van der Waals surface area contributed by atoms with E-state index in [-0.39, 0.29) is 24.0 Å². The molecule has 1 aliphatic carbocycles. The molecule has 1 saturated carbocycles. The summed E-state index contributed by atoms with van der Waals surface area (Å²) >= 11 is 5.95. The molecule has 29 heavy (non-hydrogen) atoms. The van der Waals surface area contributed by atoms with Gasteiger partial charge in [0.2, 0.25) is 0 Å². The third-order valence-corrected chi connectivity index (χ3v) is 6.19. The molecule has 4 rings (SSSR count). The van der Waals surface area contributed by atoms with Gasteiger partial charge in [0.15, 0.2) is 0 Å². The minimum atomic E-state index is -0.0295. The first-order valence-corrected chi connectivity index (χ1v) is 10.8. The zero-order chi connectivity index (χ0) is 20.2. The van der Waals surface area contributed by atoms with Crippen molar-refractivity contribution in [1.29, 1.82) is 0 Å². The second kappa shape index (κ2) is 8.98. The van der Waals surface area contributed by atoms with Gasteiger partial charge in [-0.25, -0.2) is 0 Å². The number of fused-ring (bicyclic) bond motifs is 1. The van der Waals surface area contributed by atoms with Crippen LogP contribution in [0.5, 0.6) is 0 Å². The highest BCUT2D eigenvalue weighted by atomic mass is 35.5. The molecule has 0 saturated heterocycles. The highest BCUT2D eigenvalue weighted by Gasteiger charge is 2.28. The Morgan fingerprint density at radius 3 is 2.41 bits per heavy atom. The monoisotopic (exact) mass is 406 g/mol. The van der Waals surface area contributed by atoms with Crippen molar-refractivity contribution in [3.05, 3.63) is 82.9 Å². The first-order valence-electron chi connectivity index (χ1n) is 10.4. The smallest absolute Gasteiger partial charge is 0.251 e. The number of benzene rings is 3. The van der Waals surface area contributed by atoms with Gasteiger partial charge in [0.25, 0.3) is 5.91 Å². The lowest BCUT2D eigenvalue weighted by atomic mass is 9.88. The van der Waals surface area contributed by atoms with Crippen LogP contribution in [0.3, 0.4) is 0 Å². The molecule has 0 radical (unpaired) electrons. The number of rotatable bonds is 5. The Morgan fingerprint density at radius 2 is 1.62 bits per heavy atom. The molecule has 1 unspecified atom stereocenters. The number of hydrogen-bond acceptors (Lipinski definition) is 2.